The maximum atomic E-state index is 12.5. The number of rotatable bonds is 6. The van der Waals surface area contributed by atoms with Crippen LogP contribution < -0.4 is 5.32 Å². The predicted molar refractivity (Wildman–Crippen MR) is 48.1 cm³/mol. The molecule has 0 saturated carbocycles. The van der Waals surface area contributed by atoms with E-state index >= 15 is 0 Å². The van der Waals surface area contributed by atoms with E-state index in [0.717, 1.165) is 0 Å². The Balaban J connectivity index is 4.33. The molecule has 0 radical (unpaired) electrons. The van der Waals surface area contributed by atoms with Crippen molar-refractivity contribution in [2.45, 2.75) is 51.5 Å². The Kier molecular flexibility index (Phi) is 5.60. The van der Waals surface area contributed by atoms with Gasteiger partial charge in [-0.2, -0.15) is 8.78 Å². The molecule has 0 heterocycles. The molecule has 0 aromatic heterocycles. The van der Waals surface area contributed by atoms with Crippen LogP contribution in [0.3, 0.4) is 0 Å². The van der Waals surface area contributed by atoms with E-state index in [1.165, 1.54) is 0 Å². The lowest BCUT2D eigenvalue weighted by molar-refractivity contribution is -0.170. The molecule has 1 N–H and O–H groups in total. The summed E-state index contributed by atoms with van der Waals surface area (Å²) in [5.41, 5.74) is 0. The van der Waals surface area contributed by atoms with E-state index in [1.54, 1.807) is 6.92 Å². The number of nitrogens with one attached hydrogen (secondary N) is 1. The van der Waals surface area contributed by atoms with Crippen LogP contribution in [0.25, 0.3) is 0 Å². The highest BCUT2D eigenvalue weighted by Gasteiger charge is 2.49. The van der Waals surface area contributed by atoms with Crippen molar-refractivity contribution in [3.63, 3.8) is 0 Å². The Bertz CT molecular complexity index is 208. The molecular formula is C9H15F4NO. The number of amides is 1. The second-order valence-corrected chi connectivity index (χ2v) is 3.29. The SMILES string of the molecule is CCCC(CC)NC(=O)C(F)(F)C(F)F. The molecule has 0 aliphatic rings. The average Bonchev–Trinajstić information content (AvgIpc) is 2.16. The molecule has 0 rings (SSSR count). The first kappa shape index (κ1) is 14.2. The van der Waals surface area contributed by atoms with E-state index < -0.39 is 24.3 Å². The first-order valence-electron chi connectivity index (χ1n) is 4.83. The zero-order chi connectivity index (χ0) is 12.1. The lowest BCUT2D eigenvalue weighted by Gasteiger charge is -2.20. The summed E-state index contributed by atoms with van der Waals surface area (Å²) in [6.45, 7) is 3.52. The Hall–Kier alpha value is -0.810. The van der Waals surface area contributed by atoms with E-state index in [1.807, 2.05) is 12.2 Å². The fourth-order valence-electron chi connectivity index (χ4n) is 1.11. The molecule has 2 nitrogen and oxygen atoms in total. The van der Waals surface area contributed by atoms with Gasteiger partial charge in [0.2, 0.25) is 0 Å². The Morgan fingerprint density at radius 3 is 2.20 bits per heavy atom. The van der Waals surface area contributed by atoms with Gasteiger partial charge in [0.25, 0.3) is 5.91 Å². The zero-order valence-corrected chi connectivity index (χ0v) is 8.70. The molecular weight excluding hydrogens is 214 g/mol. The largest absolute Gasteiger partial charge is 0.383 e. The van der Waals surface area contributed by atoms with Crippen LogP contribution in [0.1, 0.15) is 33.1 Å². The molecule has 1 amide bonds. The van der Waals surface area contributed by atoms with Crippen LogP contribution in [0.15, 0.2) is 0 Å². The zero-order valence-electron chi connectivity index (χ0n) is 8.70. The van der Waals surface area contributed by atoms with E-state index in [0.29, 0.717) is 19.3 Å². The van der Waals surface area contributed by atoms with Gasteiger partial charge in [-0.1, -0.05) is 20.3 Å². The Labute approximate surface area is 86.0 Å². The topological polar surface area (TPSA) is 29.1 Å². The summed E-state index contributed by atoms with van der Waals surface area (Å²) >= 11 is 0. The monoisotopic (exact) mass is 229 g/mol. The van der Waals surface area contributed by atoms with Gasteiger partial charge in [0.15, 0.2) is 0 Å². The van der Waals surface area contributed by atoms with Crippen molar-refractivity contribution in [1.29, 1.82) is 0 Å². The third-order valence-electron chi connectivity index (χ3n) is 2.04. The molecule has 6 heteroatoms. The van der Waals surface area contributed by atoms with Crippen molar-refractivity contribution in [2.75, 3.05) is 0 Å². The Morgan fingerprint density at radius 2 is 1.87 bits per heavy atom. The molecule has 0 aliphatic carbocycles. The second kappa shape index (κ2) is 5.92. The Morgan fingerprint density at radius 1 is 1.33 bits per heavy atom. The normalized spacial score (nSPS) is 14.1. The molecule has 0 saturated heterocycles. The van der Waals surface area contributed by atoms with Crippen molar-refractivity contribution in [2.24, 2.45) is 0 Å². The van der Waals surface area contributed by atoms with Crippen LogP contribution >= 0.6 is 0 Å². The fourth-order valence-corrected chi connectivity index (χ4v) is 1.11. The molecule has 1 unspecified atom stereocenters. The lowest BCUT2D eigenvalue weighted by Crippen LogP contribution is -2.48. The summed E-state index contributed by atoms with van der Waals surface area (Å²) in [4.78, 5) is 10.8. The van der Waals surface area contributed by atoms with Crippen molar-refractivity contribution in [3.8, 4) is 0 Å². The van der Waals surface area contributed by atoms with Crippen molar-refractivity contribution >= 4 is 5.91 Å². The molecule has 0 fully saturated rings. The first-order valence-corrected chi connectivity index (χ1v) is 4.83. The van der Waals surface area contributed by atoms with Crippen LogP contribution in [-0.2, 0) is 4.79 Å². The van der Waals surface area contributed by atoms with Crippen LogP contribution in [0.4, 0.5) is 17.6 Å². The van der Waals surface area contributed by atoms with Gasteiger partial charge in [-0.3, -0.25) is 4.79 Å². The summed E-state index contributed by atoms with van der Waals surface area (Å²) in [5.74, 6) is -6.49. The number of halogens is 4. The highest BCUT2D eigenvalue weighted by molar-refractivity contribution is 5.84. The van der Waals surface area contributed by atoms with Gasteiger partial charge in [0, 0.05) is 6.04 Å². The van der Waals surface area contributed by atoms with Crippen LogP contribution in [-0.4, -0.2) is 24.3 Å². The fraction of sp³-hybridized carbons (Fsp3) is 0.889. The minimum atomic E-state index is -4.60. The number of hydrogen-bond donors (Lipinski definition) is 1. The standard InChI is InChI=1S/C9H15F4NO/c1-3-5-6(4-2)14-8(15)9(12,13)7(10)11/h6-7H,3-5H2,1-2H3,(H,14,15). The maximum Gasteiger partial charge on any atom is 0.383 e. The van der Waals surface area contributed by atoms with Crippen LogP contribution in [0.2, 0.25) is 0 Å². The number of carbonyl (C=O) groups excluding carboxylic acids is 1. The smallest absolute Gasteiger partial charge is 0.348 e. The minimum absolute atomic E-state index is 0.443. The molecule has 0 aromatic rings. The van der Waals surface area contributed by atoms with Crippen molar-refractivity contribution in [1.82, 2.24) is 5.32 Å². The first-order chi connectivity index (χ1) is 6.86. The van der Waals surface area contributed by atoms with Crippen LogP contribution in [0.5, 0.6) is 0 Å². The summed E-state index contributed by atoms with van der Waals surface area (Å²) < 4.78 is 48.6. The van der Waals surface area contributed by atoms with Crippen molar-refractivity contribution in [3.05, 3.63) is 0 Å². The van der Waals surface area contributed by atoms with E-state index in [4.69, 9.17) is 0 Å². The molecule has 0 aromatic carbocycles. The second-order valence-electron chi connectivity index (χ2n) is 3.29. The third kappa shape index (κ3) is 4.05. The highest BCUT2D eigenvalue weighted by atomic mass is 19.3. The highest BCUT2D eigenvalue weighted by Crippen LogP contribution is 2.23. The lowest BCUT2D eigenvalue weighted by atomic mass is 10.1. The predicted octanol–water partition coefficient (Wildman–Crippen LogP) is 2.58. The van der Waals surface area contributed by atoms with Gasteiger partial charge in [0.05, 0.1) is 0 Å². The van der Waals surface area contributed by atoms with Crippen LogP contribution in [0, 0.1) is 0 Å². The van der Waals surface area contributed by atoms with Gasteiger partial charge < -0.3 is 5.32 Å². The van der Waals surface area contributed by atoms with E-state index in [2.05, 4.69) is 0 Å². The molecule has 90 valence electrons. The molecule has 0 bridgehead atoms. The number of hydrogen-bond acceptors (Lipinski definition) is 1. The summed E-state index contributed by atoms with van der Waals surface area (Å²) in [6.07, 6.45) is -2.32. The maximum absolute atomic E-state index is 12.5. The third-order valence-corrected chi connectivity index (χ3v) is 2.04. The number of alkyl halides is 4. The minimum Gasteiger partial charge on any atom is -0.348 e. The van der Waals surface area contributed by atoms with Gasteiger partial charge >= 0.3 is 12.3 Å². The van der Waals surface area contributed by atoms with Gasteiger partial charge in [-0.15, -0.1) is 0 Å². The number of carbonyl (C=O) groups is 1. The summed E-state index contributed by atoms with van der Waals surface area (Å²) in [6, 6.07) is -0.466. The summed E-state index contributed by atoms with van der Waals surface area (Å²) in [7, 11) is 0. The summed E-state index contributed by atoms with van der Waals surface area (Å²) in [5, 5.41) is 1.92. The van der Waals surface area contributed by atoms with Crippen molar-refractivity contribution < 1.29 is 22.4 Å². The van der Waals surface area contributed by atoms with Gasteiger partial charge in [0.1, 0.15) is 0 Å². The average molecular weight is 229 g/mol. The van der Waals surface area contributed by atoms with E-state index in [-0.39, 0.29) is 0 Å². The molecule has 0 spiro atoms. The van der Waals surface area contributed by atoms with E-state index in [9.17, 15) is 22.4 Å². The molecule has 1 atom stereocenters. The van der Waals surface area contributed by atoms with Gasteiger partial charge in [-0.05, 0) is 12.8 Å². The molecule has 15 heavy (non-hydrogen) atoms. The van der Waals surface area contributed by atoms with Gasteiger partial charge in [-0.25, -0.2) is 8.78 Å². The quantitative estimate of drug-likeness (QED) is 0.697. The molecule has 0 aliphatic heterocycles.